The summed E-state index contributed by atoms with van der Waals surface area (Å²) < 4.78 is 0. The predicted molar refractivity (Wildman–Crippen MR) is 75.6 cm³/mol. The summed E-state index contributed by atoms with van der Waals surface area (Å²) in [6.45, 7) is 2.23. The van der Waals surface area contributed by atoms with E-state index in [2.05, 4.69) is 35.6 Å². The molecule has 1 aliphatic carbocycles. The van der Waals surface area contributed by atoms with Crippen molar-refractivity contribution in [3.05, 3.63) is 35.9 Å². The smallest absolute Gasteiger partial charge is 0.0540 e. The first-order valence-corrected chi connectivity index (χ1v) is 7.27. The van der Waals surface area contributed by atoms with Gasteiger partial charge in [-0.25, -0.2) is 0 Å². The second kappa shape index (κ2) is 7.55. The summed E-state index contributed by atoms with van der Waals surface area (Å²) in [6.07, 6.45) is 6.71. The number of rotatable bonds is 6. The van der Waals surface area contributed by atoms with Gasteiger partial charge < -0.3 is 10.4 Å². The van der Waals surface area contributed by atoms with E-state index in [1.807, 2.05) is 0 Å². The molecule has 0 bridgehead atoms. The Balaban J connectivity index is 1.51. The standard InChI is InChI=1S/C16H25NO/c18-16-10-8-15(9-11-16)13-17-12-4-7-14-5-2-1-3-6-14/h1-3,5-6,15-18H,4,7-13H2. The van der Waals surface area contributed by atoms with Crippen molar-refractivity contribution < 1.29 is 5.11 Å². The van der Waals surface area contributed by atoms with Crippen LogP contribution >= 0.6 is 0 Å². The van der Waals surface area contributed by atoms with Crippen molar-refractivity contribution in [2.24, 2.45) is 5.92 Å². The molecule has 1 saturated carbocycles. The van der Waals surface area contributed by atoms with E-state index in [9.17, 15) is 5.11 Å². The molecule has 1 aromatic rings. The summed E-state index contributed by atoms with van der Waals surface area (Å²) >= 11 is 0. The number of hydrogen-bond donors (Lipinski definition) is 2. The fourth-order valence-electron chi connectivity index (χ4n) is 2.72. The van der Waals surface area contributed by atoms with E-state index < -0.39 is 0 Å². The third kappa shape index (κ3) is 4.79. The highest BCUT2D eigenvalue weighted by atomic mass is 16.3. The highest BCUT2D eigenvalue weighted by molar-refractivity contribution is 5.14. The van der Waals surface area contributed by atoms with Crippen molar-refractivity contribution in [2.45, 2.75) is 44.6 Å². The van der Waals surface area contributed by atoms with Crippen LogP contribution < -0.4 is 5.32 Å². The molecule has 1 aliphatic rings. The van der Waals surface area contributed by atoms with E-state index in [0.717, 1.165) is 38.3 Å². The van der Waals surface area contributed by atoms with E-state index in [1.54, 1.807) is 0 Å². The molecule has 0 saturated heterocycles. The van der Waals surface area contributed by atoms with Gasteiger partial charge in [-0.05, 0) is 63.1 Å². The van der Waals surface area contributed by atoms with E-state index in [-0.39, 0.29) is 6.10 Å². The first-order valence-electron chi connectivity index (χ1n) is 7.27. The zero-order chi connectivity index (χ0) is 12.6. The molecule has 18 heavy (non-hydrogen) atoms. The summed E-state index contributed by atoms with van der Waals surface area (Å²) in [4.78, 5) is 0. The molecule has 0 spiro atoms. The Morgan fingerprint density at radius 1 is 1.06 bits per heavy atom. The summed E-state index contributed by atoms with van der Waals surface area (Å²) in [5.74, 6) is 0.783. The topological polar surface area (TPSA) is 32.3 Å². The molecule has 0 amide bonds. The van der Waals surface area contributed by atoms with Crippen LogP contribution in [-0.4, -0.2) is 24.3 Å². The SMILES string of the molecule is OC1CCC(CNCCCc2ccccc2)CC1. The normalized spacial score (nSPS) is 24.1. The minimum atomic E-state index is -0.0284. The molecule has 2 heteroatoms. The lowest BCUT2D eigenvalue weighted by Crippen LogP contribution is -2.28. The summed E-state index contributed by atoms with van der Waals surface area (Å²) in [5.41, 5.74) is 1.43. The van der Waals surface area contributed by atoms with Crippen LogP contribution in [0.4, 0.5) is 0 Å². The van der Waals surface area contributed by atoms with E-state index in [0.29, 0.717) is 0 Å². The molecule has 0 atom stereocenters. The Morgan fingerprint density at radius 3 is 2.50 bits per heavy atom. The summed E-state index contributed by atoms with van der Waals surface area (Å²) in [6, 6.07) is 10.7. The highest BCUT2D eigenvalue weighted by Gasteiger charge is 2.18. The maximum atomic E-state index is 9.44. The van der Waals surface area contributed by atoms with Gasteiger partial charge in [0.2, 0.25) is 0 Å². The number of aliphatic hydroxyl groups is 1. The fraction of sp³-hybridized carbons (Fsp3) is 0.625. The fourth-order valence-corrected chi connectivity index (χ4v) is 2.72. The van der Waals surface area contributed by atoms with E-state index in [4.69, 9.17) is 0 Å². The van der Waals surface area contributed by atoms with Gasteiger partial charge in [0.15, 0.2) is 0 Å². The van der Waals surface area contributed by atoms with Gasteiger partial charge in [-0.15, -0.1) is 0 Å². The van der Waals surface area contributed by atoms with Crippen LogP contribution in [0.15, 0.2) is 30.3 Å². The quantitative estimate of drug-likeness (QED) is 0.758. The van der Waals surface area contributed by atoms with Crippen molar-refractivity contribution in [1.82, 2.24) is 5.32 Å². The zero-order valence-electron chi connectivity index (χ0n) is 11.1. The molecular formula is C16H25NO. The van der Waals surface area contributed by atoms with Gasteiger partial charge in [0.1, 0.15) is 0 Å². The predicted octanol–water partition coefficient (Wildman–Crippen LogP) is 2.76. The lowest BCUT2D eigenvalue weighted by atomic mass is 9.87. The Hall–Kier alpha value is -0.860. The van der Waals surface area contributed by atoms with E-state index >= 15 is 0 Å². The largest absolute Gasteiger partial charge is 0.393 e. The lowest BCUT2D eigenvalue weighted by Gasteiger charge is -2.25. The van der Waals surface area contributed by atoms with Gasteiger partial charge in [0, 0.05) is 0 Å². The molecule has 0 aliphatic heterocycles. The lowest BCUT2D eigenvalue weighted by molar-refractivity contribution is 0.108. The maximum absolute atomic E-state index is 9.44. The third-order valence-corrected chi connectivity index (χ3v) is 3.91. The average Bonchev–Trinajstić information content (AvgIpc) is 2.42. The van der Waals surface area contributed by atoms with Crippen molar-refractivity contribution in [3.63, 3.8) is 0 Å². The number of aryl methyl sites for hydroxylation is 1. The Kier molecular flexibility index (Phi) is 5.69. The van der Waals surface area contributed by atoms with Crippen LogP contribution in [0.25, 0.3) is 0 Å². The molecule has 1 fully saturated rings. The molecule has 0 aromatic heterocycles. The number of nitrogens with one attached hydrogen (secondary N) is 1. The average molecular weight is 247 g/mol. The monoisotopic (exact) mass is 247 g/mol. The molecular weight excluding hydrogens is 222 g/mol. The van der Waals surface area contributed by atoms with Gasteiger partial charge >= 0.3 is 0 Å². The number of benzene rings is 1. The van der Waals surface area contributed by atoms with Gasteiger partial charge in [0.05, 0.1) is 6.10 Å². The first-order chi connectivity index (χ1) is 8.84. The van der Waals surface area contributed by atoms with Crippen LogP contribution in [0.1, 0.15) is 37.7 Å². The highest BCUT2D eigenvalue weighted by Crippen LogP contribution is 2.23. The van der Waals surface area contributed by atoms with Crippen LogP contribution in [0.5, 0.6) is 0 Å². The van der Waals surface area contributed by atoms with E-state index in [1.165, 1.54) is 24.8 Å². The second-order valence-corrected chi connectivity index (χ2v) is 5.47. The summed E-state index contributed by atoms with van der Waals surface area (Å²) in [5, 5.41) is 13.0. The second-order valence-electron chi connectivity index (χ2n) is 5.47. The minimum absolute atomic E-state index is 0.0284. The van der Waals surface area contributed by atoms with Crippen LogP contribution in [0.3, 0.4) is 0 Å². The molecule has 100 valence electrons. The molecule has 0 radical (unpaired) electrons. The van der Waals surface area contributed by atoms with Gasteiger partial charge in [-0.2, -0.15) is 0 Å². The minimum Gasteiger partial charge on any atom is -0.393 e. The van der Waals surface area contributed by atoms with Crippen molar-refractivity contribution >= 4 is 0 Å². The Labute approximate surface area is 110 Å². The van der Waals surface area contributed by atoms with Gasteiger partial charge in [0.25, 0.3) is 0 Å². The van der Waals surface area contributed by atoms with Crippen molar-refractivity contribution in [1.29, 1.82) is 0 Å². The molecule has 0 heterocycles. The number of aliphatic hydroxyl groups excluding tert-OH is 1. The Morgan fingerprint density at radius 2 is 1.78 bits per heavy atom. The van der Waals surface area contributed by atoms with Crippen molar-refractivity contribution in [2.75, 3.05) is 13.1 Å². The molecule has 2 rings (SSSR count). The molecule has 2 N–H and O–H groups in total. The molecule has 1 aromatic carbocycles. The molecule has 2 nitrogen and oxygen atoms in total. The van der Waals surface area contributed by atoms with Gasteiger partial charge in [-0.3, -0.25) is 0 Å². The Bertz CT molecular complexity index is 317. The van der Waals surface area contributed by atoms with Crippen molar-refractivity contribution in [3.8, 4) is 0 Å². The first kappa shape index (κ1) is 13.6. The van der Waals surface area contributed by atoms with Crippen LogP contribution in [0, 0.1) is 5.92 Å². The van der Waals surface area contributed by atoms with Crippen LogP contribution in [0.2, 0.25) is 0 Å². The zero-order valence-corrected chi connectivity index (χ0v) is 11.1. The van der Waals surface area contributed by atoms with Gasteiger partial charge in [-0.1, -0.05) is 30.3 Å². The van der Waals surface area contributed by atoms with Crippen LogP contribution in [-0.2, 0) is 6.42 Å². The summed E-state index contributed by atoms with van der Waals surface area (Å²) in [7, 11) is 0. The number of hydrogen-bond acceptors (Lipinski definition) is 2. The molecule has 0 unspecified atom stereocenters. The maximum Gasteiger partial charge on any atom is 0.0540 e. The third-order valence-electron chi connectivity index (χ3n) is 3.91.